The monoisotopic (exact) mass is 386 g/mol. The summed E-state index contributed by atoms with van der Waals surface area (Å²) in [5.74, 6) is 0.206. The zero-order valence-corrected chi connectivity index (χ0v) is 15.6. The van der Waals surface area contributed by atoms with E-state index in [0.717, 1.165) is 37.9 Å². The number of alkyl halides is 2. The van der Waals surface area contributed by atoms with Crippen LogP contribution in [0.25, 0.3) is 0 Å². The molecule has 2 N–H and O–H groups in total. The van der Waals surface area contributed by atoms with Gasteiger partial charge in [-0.3, -0.25) is 4.79 Å². The molecule has 1 spiro atoms. The predicted molar refractivity (Wildman–Crippen MR) is 104 cm³/mol. The van der Waals surface area contributed by atoms with Gasteiger partial charge < -0.3 is 15.4 Å². The van der Waals surface area contributed by atoms with Gasteiger partial charge in [-0.25, -0.2) is 0 Å². The fourth-order valence-corrected chi connectivity index (χ4v) is 4.25. The average Bonchev–Trinajstić information content (AvgIpc) is 3.38. The van der Waals surface area contributed by atoms with E-state index in [-0.39, 0.29) is 23.0 Å². The average molecular weight is 386 g/mol. The van der Waals surface area contributed by atoms with Crippen LogP contribution in [0, 0.1) is 11.3 Å². The summed E-state index contributed by atoms with van der Waals surface area (Å²) < 4.78 is 30.2. The largest absolute Gasteiger partial charge is 0.435 e. The summed E-state index contributed by atoms with van der Waals surface area (Å²) in [5.41, 5.74) is 2.38. The number of carbonyl (C=O) groups excluding carboxylic acids is 1. The molecule has 2 aromatic carbocycles. The lowest BCUT2D eigenvalue weighted by Gasteiger charge is -2.23. The van der Waals surface area contributed by atoms with E-state index in [9.17, 15) is 13.6 Å². The summed E-state index contributed by atoms with van der Waals surface area (Å²) in [5, 5.41) is 6.31. The summed E-state index contributed by atoms with van der Waals surface area (Å²) in [7, 11) is 0. The molecule has 4 rings (SSSR count). The Bertz CT molecular complexity index is 836. The van der Waals surface area contributed by atoms with Crippen LogP contribution in [0.3, 0.4) is 0 Å². The summed E-state index contributed by atoms with van der Waals surface area (Å²) in [6, 6.07) is 14.4. The minimum Gasteiger partial charge on any atom is -0.435 e. The number of benzene rings is 2. The number of nitrogens with one attached hydrogen (secondary N) is 2. The van der Waals surface area contributed by atoms with Gasteiger partial charge in [-0.05, 0) is 61.5 Å². The van der Waals surface area contributed by atoms with Crippen LogP contribution >= 0.6 is 0 Å². The van der Waals surface area contributed by atoms with Crippen molar-refractivity contribution in [3.05, 3.63) is 59.7 Å². The lowest BCUT2D eigenvalue weighted by Crippen LogP contribution is -2.31. The van der Waals surface area contributed by atoms with Crippen LogP contribution in [0.15, 0.2) is 48.5 Å². The van der Waals surface area contributed by atoms with E-state index in [0.29, 0.717) is 17.7 Å². The van der Waals surface area contributed by atoms with E-state index in [1.54, 1.807) is 12.1 Å². The minimum atomic E-state index is -2.89. The highest BCUT2D eigenvalue weighted by molar-refractivity contribution is 5.95. The third-order valence-electron chi connectivity index (χ3n) is 5.89. The maximum Gasteiger partial charge on any atom is 0.387 e. The molecule has 1 saturated heterocycles. The van der Waals surface area contributed by atoms with Gasteiger partial charge in [-0.1, -0.05) is 30.3 Å². The molecule has 1 heterocycles. The number of hydrogen-bond donors (Lipinski definition) is 2. The van der Waals surface area contributed by atoms with Crippen molar-refractivity contribution in [3.8, 4) is 5.75 Å². The Labute approximate surface area is 163 Å². The minimum absolute atomic E-state index is 0.0232. The molecule has 1 saturated carbocycles. The van der Waals surface area contributed by atoms with E-state index in [4.69, 9.17) is 0 Å². The summed E-state index contributed by atoms with van der Waals surface area (Å²) in [6.07, 6.45) is 3.45. The second kappa shape index (κ2) is 7.87. The number of halogens is 2. The van der Waals surface area contributed by atoms with Crippen molar-refractivity contribution in [2.24, 2.45) is 11.3 Å². The van der Waals surface area contributed by atoms with Gasteiger partial charge in [0.15, 0.2) is 0 Å². The molecule has 1 atom stereocenters. The van der Waals surface area contributed by atoms with Gasteiger partial charge in [0.1, 0.15) is 5.75 Å². The van der Waals surface area contributed by atoms with Gasteiger partial charge in [-0.2, -0.15) is 8.78 Å². The normalized spacial score (nSPS) is 20.2. The third-order valence-corrected chi connectivity index (χ3v) is 5.89. The van der Waals surface area contributed by atoms with E-state index in [2.05, 4.69) is 15.4 Å². The van der Waals surface area contributed by atoms with Crippen LogP contribution in [0.4, 0.5) is 14.5 Å². The number of amides is 1. The highest BCUT2D eigenvalue weighted by Gasteiger charge is 2.57. The first-order valence-corrected chi connectivity index (χ1v) is 9.69. The fraction of sp³-hybridized carbons (Fsp3) is 0.409. The number of ether oxygens (including phenoxy) is 1. The van der Waals surface area contributed by atoms with Crippen molar-refractivity contribution in [2.75, 3.05) is 18.4 Å². The third kappa shape index (κ3) is 4.17. The maximum atomic E-state index is 12.8. The smallest absolute Gasteiger partial charge is 0.387 e. The highest BCUT2D eigenvalue weighted by atomic mass is 19.3. The van der Waals surface area contributed by atoms with E-state index < -0.39 is 6.61 Å². The Hall–Kier alpha value is -2.47. The van der Waals surface area contributed by atoms with Gasteiger partial charge in [0.25, 0.3) is 0 Å². The number of piperidine rings is 1. The Balaban J connectivity index is 1.49. The van der Waals surface area contributed by atoms with Crippen LogP contribution in [0.2, 0.25) is 0 Å². The zero-order chi connectivity index (χ0) is 19.6. The van der Waals surface area contributed by atoms with Gasteiger partial charge in [0.05, 0.1) is 0 Å². The van der Waals surface area contributed by atoms with E-state index in [1.807, 2.05) is 30.3 Å². The molecule has 0 radical (unpaired) electrons. The summed E-state index contributed by atoms with van der Waals surface area (Å²) in [4.78, 5) is 12.7. The topological polar surface area (TPSA) is 50.4 Å². The Kier molecular flexibility index (Phi) is 5.31. The van der Waals surface area contributed by atoms with Crippen molar-refractivity contribution in [1.82, 2.24) is 5.32 Å². The SMILES string of the molecule is O=C(Nc1ccc(OC(F)F)c(Cc2ccccc2)c1)C1CC12CCNCC2. The lowest BCUT2D eigenvalue weighted by atomic mass is 9.91. The second-order valence-electron chi connectivity index (χ2n) is 7.72. The number of anilines is 1. The fourth-order valence-electron chi connectivity index (χ4n) is 4.25. The van der Waals surface area contributed by atoms with E-state index in [1.165, 1.54) is 6.07 Å². The molecule has 1 amide bonds. The van der Waals surface area contributed by atoms with Gasteiger partial charge >= 0.3 is 6.61 Å². The highest BCUT2D eigenvalue weighted by Crippen LogP contribution is 2.58. The summed E-state index contributed by atoms with van der Waals surface area (Å²) >= 11 is 0. The molecule has 2 aliphatic rings. The molecule has 4 nitrogen and oxygen atoms in total. The molecule has 148 valence electrons. The van der Waals surface area contributed by atoms with Crippen LogP contribution in [0.1, 0.15) is 30.4 Å². The van der Waals surface area contributed by atoms with Crippen LogP contribution in [-0.2, 0) is 11.2 Å². The van der Waals surface area contributed by atoms with Crippen molar-refractivity contribution >= 4 is 11.6 Å². The second-order valence-corrected chi connectivity index (χ2v) is 7.72. The molecule has 1 aliphatic heterocycles. The molecule has 0 aromatic heterocycles. The Morgan fingerprint density at radius 2 is 1.93 bits per heavy atom. The summed E-state index contributed by atoms with van der Waals surface area (Å²) in [6.45, 7) is -0.962. The molecule has 2 aromatic rings. The van der Waals surface area contributed by atoms with Crippen molar-refractivity contribution < 1.29 is 18.3 Å². The van der Waals surface area contributed by atoms with Gasteiger partial charge in [0.2, 0.25) is 5.91 Å². The Morgan fingerprint density at radius 3 is 2.64 bits per heavy atom. The molecular formula is C22H24F2N2O2. The number of carbonyl (C=O) groups is 1. The first-order valence-electron chi connectivity index (χ1n) is 9.69. The zero-order valence-electron chi connectivity index (χ0n) is 15.6. The maximum absolute atomic E-state index is 12.8. The first-order chi connectivity index (χ1) is 13.6. The van der Waals surface area contributed by atoms with Gasteiger partial charge in [-0.15, -0.1) is 0 Å². The lowest BCUT2D eigenvalue weighted by molar-refractivity contribution is -0.118. The quantitative estimate of drug-likeness (QED) is 0.782. The van der Waals surface area contributed by atoms with Crippen LogP contribution < -0.4 is 15.4 Å². The molecule has 2 fully saturated rings. The molecule has 1 aliphatic carbocycles. The molecule has 6 heteroatoms. The number of hydrogen-bond acceptors (Lipinski definition) is 3. The van der Waals surface area contributed by atoms with E-state index >= 15 is 0 Å². The van der Waals surface area contributed by atoms with Gasteiger partial charge in [0, 0.05) is 23.6 Å². The van der Waals surface area contributed by atoms with Crippen molar-refractivity contribution in [3.63, 3.8) is 0 Å². The standard InChI is InChI=1S/C22H24F2N2O2/c23-21(24)28-19-7-6-17(13-16(19)12-15-4-2-1-3-5-15)26-20(27)18-14-22(18)8-10-25-11-9-22/h1-7,13,18,21,25H,8-12,14H2,(H,26,27). The van der Waals surface area contributed by atoms with Crippen LogP contribution in [0.5, 0.6) is 5.75 Å². The molecule has 0 bridgehead atoms. The van der Waals surface area contributed by atoms with Crippen LogP contribution in [-0.4, -0.2) is 25.6 Å². The van der Waals surface area contributed by atoms with Crippen molar-refractivity contribution in [1.29, 1.82) is 0 Å². The molecular weight excluding hydrogens is 362 g/mol. The molecule has 1 unspecified atom stereocenters. The Morgan fingerprint density at radius 1 is 1.18 bits per heavy atom. The number of rotatable bonds is 6. The molecule has 28 heavy (non-hydrogen) atoms. The first kappa shape index (κ1) is 18.9. The predicted octanol–water partition coefficient (Wildman–Crippen LogP) is 4.21. The van der Waals surface area contributed by atoms with Crippen molar-refractivity contribution in [2.45, 2.75) is 32.3 Å².